The summed E-state index contributed by atoms with van der Waals surface area (Å²) in [6, 6.07) is 12.5. The van der Waals surface area contributed by atoms with Crippen molar-refractivity contribution in [2.75, 3.05) is 6.61 Å². The van der Waals surface area contributed by atoms with Gasteiger partial charge in [-0.15, -0.1) is 0 Å². The van der Waals surface area contributed by atoms with Gasteiger partial charge >= 0.3 is 6.11 Å². The van der Waals surface area contributed by atoms with Gasteiger partial charge in [0, 0.05) is 5.56 Å². The van der Waals surface area contributed by atoms with Crippen LogP contribution in [0.15, 0.2) is 66.7 Å². The Labute approximate surface area is 218 Å². The molecule has 39 heavy (non-hydrogen) atoms. The summed E-state index contributed by atoms with van der Waals surface area (Å²) in [5.41, 5.74) is 0.437. The van der Waals surface area contributed by atoms with E-state index < -0.39 is 53.4 Å². The molecule has 0 bridgehead atoms. The molecule has 0 aromatic heterocycles. The summed E-state index contributed by atoms with van der Waals surface area (Å²) in [4.78, 5) is 0. The lowest BCUT2D eigenvalue weighted by Gasteiger charge is -2.19. The largest absolute Gasteiger partial charge is 0.480 e. The first-order valence-corrected chi connectivity index (χ1v) is 11.7. The molecule has 0 saturated heterocycles. The van der Waals surface area contributed by atoms with E-state index in [4.69, 9.17) is 4.74 Å². The van der Waals surface area contributed by atoms with Crippen molar-refractivity contribution in [3.63, 3.8) is 0 Å². The van der Waals surface area contributed by atoms with E-state index in [1.807, 2.05) is 0 Å². The third-order valence-electron chi connectivity index (χ3n) is 5.76. The molecule has 10 heteroatoms. The van der Waals surface area contributed by atoms with Gasteiger partial charge in [-0.3, -0.25) is 0 Å². The Bertz CT molecular complexity index is 1460. The Kier molecular flexibility index (Phi) is 8.13. The van der Waals surface area contributed by atoms with Crippen molar-refractivity contribution in [2.24, 2.45) is 0 Å². The molecule has 4 rings (SSSR count). The third kappa shape index (κ3) is 6.32. The predicted molar refractivity (Wildman–Crippen MR) is 129 cm³/mol. The maximum atomic E-state index is 14.7. The van der Waals surface area contributed by atoms with Gasteiger partial charge in [0.2, 0.25) is 5.82 Å². The van der Waals surface area contributed by atoms with Crippen molar-refractivity contribution in [3.8, 4) is 33.8 Å². The summed E-state index contributed by atoms with van der Waals surface area (Å²) in [7, 11) is 0. The van der Waals surface area contributed by atoms with Crippen molar-refractivity contribution in [1.29, 1.82) is 0 Å². The van der Waals surface area contributed by atoms with Crippen molar-refractivity contribution < 1.29 is 44.6 Å². The fourth-order valence-corrected chi connectivity index (χ4v) is 3.86. The average molecular weight is 552 g/mol. The van der Waals surface area contributed by atoms with E-state index in [1.54, 1.807) is 6.92 Å². The highest BCUT2D eigenvalue weighted by Gasteiger charge is 2.34. The van der Waals surface area contributed by atoms with E-state index in [9.17, 15) is 35.1 Å². The van der Waals surface area contributed by atoms with Gasteiger partial charge in [0.15, 0.2) is 35.6 Å². The second kappa shape index (κ2) is 11.3. The van der Waals surface area contributed by atoms with Crippen LogP contribution in [0.3, 0.4) is 0 Å². The average Bonchev–Trinajstić information content (AvgIpc) is 2.89. The first-order valence-electron chi connectivity index (χ1n) is 11.7. The van der Waals surface area contributed by atoms with Crippen LogP contribution in [0, 0.1) is 34.9 Å². The monoisotopic (exact) mass is 552 g/mol. The molecule has 0 N–H and O–H groups in total. The normalized spacial score (nSPS) is 11.5. The van der Waals surface area contributed by atoms with Crippen LogP contribution >= 0.6 is 0 Å². The second-order valence-electron chi connectivity index (χ2n) is 8.60. The number of halogens is 8. The zero-order valence-electron chi connectivity index (χ0n) is 20.3. The number of benzene rings is 4. The minimum Gasteiger partial charge on any atom is -0.480 e. The molecule has 204 valence electrons. The first-order chi connectivity index (χ1) is 18.5. The summed E-state index contributed by atoms with van der Waals surface area (Å²) in [5.74, 6) is -8.94. The fourth-order valence-electron chi connectivity index (χ4n) is 3.86. The Balaban J connectivity index is 1.44. The van der Waals surface area contributed by atoms with E-state index in [0.29, 0.717) is 29.7 Å². The van der Waals surface area contributed by atoms with Crippen LogP contribution in [0.25, 0.3) is 22.3 Å². The lowest BCUT2D eigenvalue weighted by molar-refractivity contribution is -0.195. The summed E-state index contributed by atoms with van der Waals surface area (Å²) in [6.07, 6.45) is -3.05. The molecular weight excluding hydrogens is 532 g/mol. The van der Waals surface area contributed by atoms with Gasteiger partial charge in [0.25, 0.3) is 0 Å². The predicted octanol–water partition coefficient (Wildman–Crippen LogP) is 8.86. The van der Waals surface area contributed by atoms with Crippen LogP contribution in [-0.4, -0.2) is 12.7 Å². The lowest BCUT2D eigenvalue weighted by Crippen LogP contribution is -2.32. The van der Waals surface area contributed by atoms with Crippen molar-refractivity contribution >= 4 is 0 Å². The van der Waals surface area contributed by atoms with Crippen LogP contribution < -0.4 is 9.47 Å². The van der Waals surface area contributed by atoms with E-state index in [-0.39, 0.29) is 28.9 Å². The maximum Gasteiger partial charge on any atom is 0.432 e. The molecule has 0 unspecified atom stereocenters. The van der Waals surface area contributed by atoms with Gasteiger partial charge in [-0.2, -0.15) is 13.2 Å². The fraction of sp³-hybridized carbons (Fsp3) is 0.172. The number of aryl methyl sites for hydroxylation is 1. The SMILES string of the molecule is CCCc1ccc(OCC(F)(F)Oc2ccc(-c3ccc(-c4cc(F)c(F)c(F)c4)c(F)c3)cc2)c(F)c1F. The molecule has 0 spiro atoms. The molecular formula is C29H20F8O2. The molecule has 0 fully saturated rings. The summed E-state index contributed by atoms with van der Waals surface area (Å²) < 4.78 is 121. The Morgan fingerprint density at radius 1 is 0.641 bits per heavy atom. The number of alkyl halides is 2. The van der Waals surface area contributed by atoms with Crippen LogP contribution in [0.5, 0.6) is 11.5 Å². The second-order valence-corrected chi connectivity index (χ2v) is 8.60. The molecule has 4 aromatic carbocycles. The quantitative estimate of drug-likeness (QED) is 0.153. The summed E-state index contributed by atoms with van der Waals surface area (Å²) in [6.45, 7) is 0.387. The first kappa shape index (κ1) is 27.9. The molecule has 2 nitrogen and oxygen atoms in total. The highest BCUT2D eigenvalue weighted by atomic mass is 19.3. The van der Waals surface area contributed by atoms with Gasteiger partial charge in [-0.05, 0) is 65.1 Å². The lowest BCUT2D eigenvalue weighted by atomic mass is 9.99. The van der Waals surface area contributed by atoms with Gasteiger partial charge in [0.05, 0.1) is 0 Å². The van der Waals surface area contributed by atoms with Crippen LogP contribution in [0.2, 0.25) is 0 Å². The molecule has 0 radical (unpaired) electrons. The summed E-state index contributed by atoms with van der Waals surface area (Å²) in [5, 5.41) is 0. The molecule has 0 saturated carbocycles. The number of ether oxygens (including phenoxy) is 2. The van der Waals surface area contributed by atoms with E-state index >= 15 is 0 Å². The molecule has 4 aromatic rings. The van der Waals surface area contributed by atoms with Crippen LogP contribution in [0.1, 0.15) is 18.9 Å². The standard InChI is InChI=1S/C29H20F8O2/c1-2-3-17-7-11-25(28(35)26(17)33)38-15-29(36,37)39-20-8-4-16(5-9-20)18-6-10-21(22(30)12-18)19-13-23(31)27(34)24(32)14-19/h4-14H,2-3,15H2,1H3. The maximum absolute atomic E-state index is 14.7. The molecule has 0 heterocycles. The number of hydrogen-bond donors (Lipinski definition) is 0. The number of hydrogen-bond acceptors (Lipinski definition) is 2. The Morgan fingerprint density at radius 2 is 1.26 bits per heavy atom. The molecule has 0 atom stereocenters. The summed E-state index contributed by atoms with van der Waals surface area (Å²) >= 11 is 0. The zero-order chi connectivity index (χ0) is 28.3. The van der Waals surface area contributed by atoms with Gasteiger partial charge < -0.3 is 9.47 Å². The van der Waals surface area contributed by atoms with Crippen molar-refractivity contribution in [1.82, 2.24) is 0 Å². The van der Waals surface area contributed by atoms with Crippen molar-refractivity contribution in [2.45, 2.75) is 25.9 Å². The Morgan fingerprint density at radius 3 is 1.87 bits per heavy atom. The molecule has 0 aliphatic carbocycles. The van der Waals surface area contributed by atoms with E-state index in [2.05, 4.69) is 4.74 Å². The van der Waals surface area contributed by atoms with Crippen molar-refractivity contribution in [3.05, 3.63) is 107 Å². The highest BCUT2D eigenvalue weighted by Crippen LogP contribution is 2.32. The topological polar surface area (TPSA) is 18.5 Å². The molecule has 0 aliphatic heterocycles. The minimum atomic E-state index is -3.90. The van der Waals surface area contributed by atoms with E-state index in [0.717, 1.165) is 12.1 Å². The van der Waals surface area contributed by atoms with Crippen LogP contribution in [0.4, 0.5) is 35.1 Å². The minimum absolute atomic E-state index is 0.109. The third-order valence-corrected chi connectivity index (χ3v) is 5.76. The van der Waals surface area contributed by atoms with E-state index in [1.165, 1.54) is 42.5 Å². The van der Waals surface area contributed by atoms with Gasteiger partial charge in [-0.25, -0.2) is 22.0 Å². The van der Waals surface area contributed by atoms with Gasteiger partial charge in [-0.1, -0.05) is 43.7 Å². The Hall–Kier alpha value is -4.08. The smallest absolute Gasteiger partial charge is 0.432 e. The zero-order valence-corrected chi connectivity index (χ0v) is 20.3. The number of rotatable bonds is 9. The highest BCUT2D eigenvalue weighted by molar-refractivity contribution is 5.71. The van der Waals surface area contributed by atoms with Crippen LogP contribution in [-0.2, 0) is 6.42 Å². The molecule has 0 aliphatic rings. The van der Waals surface area contributed by atoms with Gasteiger partial charge in [0.1, 0.15) is 11.6 Å². The molecule has 0 amide bonds.